The first kappa shape index (κ1) is 51.4. The highest BCUT2D eigenvalue weighted by atomic mass is 16.7. The summed E-state index contributed by atoms with van der Waals surface area (Å²) in [6.07, 6.45) is 38.0. The van der Waals surface area contributed by atoms with E-state index in [9.17, 15) is 30.3 Å². The molecule has 1 aliphatic heterocycles. The van der Waals surface area contributed by atoms with Crippen molar-refractivity contribution in [2.75, 3.05) is 13.2 Å². The molecule has 1 fully saturated rings. The van der Waals surface area contributed by atoms with Gasteiger partial charge in [0.05, 0.1) is 25.4 Å². The monoisotopic (exact) mass is 780 g/mol. The number of hydrogen-bond donors (Lipinski definition) is 6. The van der Waals surface area contributed by atoms with Gasteiger partial charge in [0.15, 0.2) is 6.29 Å². The second-order valence-corrected chi connectivity index (χ2v) is 15.8. The van der Waals surface area contributed by atoms with Crippen molar-refractivity contribution in [1.82, 2.24) is 5.32 Å². The molecule has 0 aromatic carbocycles. The molecule has 0 saturated carbocycles. The molecule has 0 spiro atoms. The third-order valence-corrected chi connectivity index (χ3v) is 10.8. The van der Waals surface area contributed by atoms with Gasteiger partial charge in [-0.25, -0.2) is 0 Å². The summed E-state index contributed by atoms with van der Waals surface area (Å²) in [5.41, 5.74) is 0. The number of carbonyl (C=O) groups excluding carboxylic acids is 1. The van der Waals surface area contributed by atoms with Crippen molar-refractivity contribution in [2.24, 2.45) is 0 Å². The van der Waals surface area contributed by atoms with Crippen molar-refractivity contribution in [3.05, 3.63) is 36.5 Å². The van der Waals surface area contributed by atoms with E-state index in [1.165, 1.54) is 128 Å². The van der Waals surface area contributed by atoms with Crippen LogP contribution < -0.4 is 5.32 Å². The summed E-state index contributed by atoms with van der Waals surface area (Å²) in [6.45, 7) is 3.52. The van der Waals surface area contributed by atoms with Crippen LogP contribution in [0.1, 0.15) is 194 Å². The fourth-order valence-corrected chi connectivity index (χ4v) is 7.14. The quantitative estimate of drug-likeness (QED) is 0.0270. The molecular formula is C46H85NO8. The number of nitrogens with one attached hydrogen (secondary N) is 1. The van der Waals surface area contributed by atoms with Crippen molar-refractivity contribution in [2.45, 2.75) is 236 Å². The lowest BCUT2D eigenvalue weighted by molar-refractivity contribution is -0.302. The Morgan fingerprint density at radius 3 is 1.53 bits per heavy atom. The van der Waals surface area contributed by atoms with Gasteiger partial charge >= 0.3 is 0 Å². The molecule has 9 nitrogen and oxygen atoms in total. The van der Waals surface area contributed by atoms with Crippen LogP contribution in [0.5, 0.6) is 0 Å². The summed E-state index contributed by atoms with van der Waals surface area (Å²) in [5.74, 6) is -0.192. The highest BCUT2D eigenvalue weighted by molar-refractivity contribution is 5.76. The average Bonchev–Trinajstić information content (AvgIpc) is 3.18. The van der Waals surface area contributed by atoms with Crippen LogP contribution in [0, 0.1) is 0 Å². The van der Waals surface area contributed by atoms with E-state index < -0.39 is 49.5 Å². The number of hydrogen-bond acceptors (Lipinski definition) is 8. The van der Waals surface area contributed by atoms with Crippen molar-refractivity contribution in [3.63, 3.8) is 0 Å². The number of unbranched alkanes of at least 4 members (excludes halogenated alkanes) is 24. The van der Waals surface area contributed by atoms with E-state index in [2.05, 4.69) is 30.5 Å². The van der Waals surface area contributed by atoms with Gasteiger partial charge in [-0.2, -0.15) is 0 Å². The van der Waals surface area contributed by atoms with Crippen LogP contribution in [-0.2, 0) is 14.3 Å². The maximum absolute atomic E-state index is 12.9. The van der Waals surface area contributed by atoms with Gasteiger partial charge in [-0.3, -0.25) is 4.79 Å². The first-order valence-electron chi connectivity index (χ1n) is 22.7. The number of carbonyl (C=O) groups is 1. The highest BCUT2D eigenvalue weighted by Gasteiger charge is 2.44. The van der Waals surface area contributed by atoms with Crippen molar-refractivity contribution < 1.29 is 39.8 Å². The van der Waals surface area contributed by atoms with E-state index >= 15 is 0 Å². The van der Waals surface area contributed by atoms with Crippen molar-refractivity contribution >= 4 is 5.91 Å². The van der Waals surface area contributed by atoms with E-state index in [0.717, 1.165) is 44.9 Å². The zero-order chi connectivity index (χ0) is 40.2. The molecule has 0 radical (unpaired) electrons. The van der Waals surface area contributed by atoms with Crippen LogP contribution in [0.25, 0.3) is 0 Å². The molecule has 0 aromatic rings. The fraction of sp³-hybridized carbons (Fsp3) is 0.848. The summed E-state index contributed by atoms with van der Waals surface area (Å²) in [5, 5.41) is 53.9. The molecule has 9 heteroatoms. The van der Waals surface area contributed by atoms with Gasteiger partial charge in [0.2, 0.25) is 5.91 Å². The standard InChI is InChI=1S/C46H85NO8/c1-3-5-7-9-11-13-14-15-16-17-18-19-20-21-22-23-24-25-26-28-30-32-34-36-42(50)47-39(40(49)35-33-31-29-27-12-10-8-6-4-2)38-54-46-45(53)44(52)43(51)41(37-48)55-46/h4,6,12,27,33,35,39-41,43-46,48-49,51-53H,3,5,7-11,13-26,28-32,34,36-38H2,1-2H3,(H,47,50)/b6-4+,27-12+,35-33+. The van der Waals surface area contributed by atoms with Gasteiger partial charge in [0.25, 0.3) is 0 Å². The normalized spacial score (nSPS) is 21.6. The first-order chi connectivity index (χ1) is 26.8. The number of aliphatic hydroxyl groups is 5. The molecule has 6 N–H and O–H groups in total. The van der Waals surface area contributed by atoms with Crippen molar-refractivity contribution in [1.29, 1.82) is 0 Å². The molecule has 55 heavy (non-hydrogen) atoms. The minimum atomic E-state index is -1.57. The molecule has 7 atom stereocenters. The largest absolute Gasteiger partial charge is 0.394 e. The maximum atomic E-state index is 12.9. The number of amides is 1. The molecular weight excluding hydrogens is 695 g/mol. The van der Waals surface area contributed by atoms with E-state index in [1.807, 2.05) is 19.1 Å². The maximum Gasteiger partial charge on any atom is 0.220 e. The van der Waals surface area contributed by atoms with E-state index in [0.29, 0.717) is 6.42 Å². The third kappa shape index (κ3) is 27.6. The molecule has 1 rings (SSSR count). The fourth-order valence-electron chi connectivity index (χ4n) is 7.14. The van der Waals surface area contributed by atoms with Gasteiger partial charge in [-0.15, -0.1) is 0 Å². The van der Waals surface area contributed by atoms with Gasteiger partial charge in [-0.1, -0.05) is 185 Å². The third-order valence-electron chi connectivity index (χ3n) is 10.8. The summed E-state index contributed by atoms with van der Waals surface area (Å²) < 4.78 is 11.1. The van der Waals surface area contributed by atoms with Crippen molar-refractivity contribution in [3.8, 4) is 0 Å². The second-order valence-electron chi connectivity index (χ2n) is 15.8. The van der Waals surface area contributed by atoms with Gasteiger partial charge in [0, 0.05) is 6.42 Å². The number of aliphatic hydroxyl groups excluding tert-OH is 5. The zero-order valence-electron chi connectivity index (χ0n) is 35.2. The summed E-state index contributed by atoms with van der Waals surface area (Å²) >= 11 is 0. The Morgan fingerprint density at radius 1 is 0.636 bits per heavy atom. The Balaban J connectivity index is 2.23. The van der Waals surface area contributed by atoms with Crippen LogP contribution >= 0.6 is 0 Å². The molecule has 1 heterocycles. The van der Waals surface area contributed by atoms with Gasteiger partial charge in [0.1, 0.15) is 24.4 Å². The minimum Gasteiger partial charge on any atom is -0.394 e. The predicted octanol–water partition coefficient (Wildman–Crippen LogP) is 9.28. The molecule has 1 saturated heterocycles. The average molecular weight is 780 g/mol. The lowest BCUT2D eigenvalue weighted by atomic mass is 9.99. The summed E-state index contributed by atoms with van der Waals surface area (Å²) in [4.78, 5) is 12.9. The van der Waals surface area contributed by atoms with Gasteiger partial charge < -0.3 is 40.3 Å². The lowest BCUT2D eigenvalue weighted by Crippen LogP contribution is -2.60. The summed E-state index contributed by atoms with van der Waals surface area (Å²) in [6, 6.07) is -0.822. The molecule has 0 aromatic heterocycles. The Labute approximate surface area is 336 Å². The van der Waals surface area contributed by atoms with Crippen LogP contribution in [0.2, 0.25) is 0 Å². The first-order valence-corrected chi connectivity index (χ1v) is 22.7. The highest BCUT2D eigenvalue weighted by Crippen LogP contribution is 2.22. The lowest BCUT2D eigenvalue weighted by Gasteiger charge is -2.40. The Morgan fingerprint density at radius 2 is 1.07 bits per heavy atom. The predicted molar refractivity (Wildman–Crippen MR) is 226 cm³/mol. The van der Waals surface area contributed by atoms with E-state index in [4.69, 9.17) is 9.47 Å². The second kappa shape index (κ2) is 36.7. The van der Waals surface area contributed by atoms with Crippen LogP contribution in [0.15, 0.2) is 36.5 Å². The molecule has 1 aliphatic rings. The van der Waals surface area contributed by atoms with Crippen LogP contribution in [-0.4, -0.2) is 87.5 Å². The Hall–Kier alpha value is -1.59. The van der Waals surface area contributed by atoms with E-state index in [-0.39, 0.29) is 12.5 Å². The zero-order valence-corrected chi connectivity index (χ0v) is 35.2. The van der Waals surface area contributed by atoms with Gasteiger partial charge in [-0.05, 0) is 39.0 Å². The number of allylic oxidation sites excluding steroid dienone is 5. The Bertz CT molecular complexity index is 956. The SMILES string of the molecule is C/C=C/CC/C=C/CC/C=C/C(O)C(COC1OC(CO)C(O)C(O)C1O)NC(=O)CCCCCCCCCCCCCCCCCCCCCCCCC. The van der Waals surface area contributed by atoms with Crippen LogP contribution in [0.3, 0.4) is 0 Å². The number of rotatable bonds is 37. The molecule has 7 unspecified atom stereocenters. The molecule has 0 aliphatic carbocycles. The van der Waals surface area contributed by atoms with E-state index in [1.54, 1.807) is 6.08 Å². The Kier molecular flexibility index (Phi) is 34.3. The molecule has 1 amide bonds. The topological polar surface area (TPSA) is 149 Å². The number of ether oxygens (including phenoxy) is 2. The minimum absolute atomic E-state index is 0.192. The smallest absolute Gasteiger partial charge is 0.220 e. The molecule has 322 valence electrons. The van der Waals surface area contributed by atoms with Crippen LogP contribution in [0.4, 0.5) is 0 Å². The molecule has 0 bridgehead atoms. The summed E-state index contributed by atoms with van der Waals surface area (Å²) in [7, 11) is 0.